The van der Waals surface area contributed by atoms with Crippen molar-refractivity contribution >= 4 is 16.8 Å². The van der Waals surface area contributed by atoms with Crippen molar-refractivity contribution in [2.75, 3.05) is 7.11 Å². The molecule has 0 unspecified atom stereocenters. The summed E-state index contributed by atoms with van der Waals surface area (Å²) in [7, 11) is 1.57. The van der Waals surface area contributed by atoms with Gasteiger partial charge in [-0.1, -0.05) is 0 Å². The lowest BCUT2D eigenvalue weighted by Crippen LogP contribution is -2.10. The average Bonchev–Trinajstić information content (AvgIpc) is 2.89. The van der Waals surface area contributed by atoms with Gasteiger partial charge in [0, 0.05) is 17.1 Å². The summed E-state index contributed by atoms with van der Waals surface area (Å²) in [5.41, 5.74) is 1.24. The molecule has 0 aliphatic carbocycles. The van der Waals surface area contributed by atoms with E-state index in [9.17, 15) is 9.18 Å². The third-order valence-electron chi connectivity index (χ3n) is 3.21. The summed E-state index contributed by atoms with van der Waals surface area (Å²) < 4.78 is 19.7. The number of carbonyl (C=O) groups excluding carboxylic acids is 1. The van der Waals surface area contributed by atoms with Gasteiger partial charge in [0.2, 0.25) is 0 Å². The average molecular weight is 269 g/mol. The first kappa shape index (κ1) is 12.4. The van der Waals surface area contributed by atoms with Crippen molar-refractivity contribution in [1.29, 1.82) is 0 Å². The summed E-state index contributed by atoms with van der Waals surface area (Å²) in [4.78, 5) is 12.4. The normalized spacial score (nSPS) is 10.7. The second-order valence-electron chi connectivity index (χ2n) is 4.42. The van der Waals surface area contributed by atoms with Crippen LogP contribution in [0.4, 0.5) is 4.39 Å². The highest BCUT2D eigenvalue weighted by molar-refractivity contribution is 6.02. The lowest BCUT2D eigenvalue weighted by atomic mass is 10.2. The number of hydrogen-bond donors (Lipinski definition) is 0. The zero-order chi connectivity index (χ0) is 14.1. The van der Waals surface area contributed by atoms with Gasteiger partial charge in [0.05, 0.1) is 12.6 Å². The molecule has 0 atom stereocenters. The van der Waals surface area contributed by atoms with Crippen LogP contribution < -0.4 is 4.74 Å². The van der Waals surface area contributed by atoms with Crippen LogP contribution >= 0.6 is 0 Å². The monoisotopic (exact) mass is 269 g/mol. The van der Waals surface area contributed by atoms with Gasteiger partial charge in [0.25, 0.3) is 5.91 Å². The van der Waals surface area contributed by atoms with Gasteiger partial charge in [-0.05, 0) is 48.5 Å². The van der Waals surface area contributed by atoms with Crippen LogP contribution in [0, 0.1) is 5.82 Å². The van der Waals surface area contributed by atoms with Gasteiger partial charge in [-0.2, -0.15) is 0 Å². The van der Waals surface area contributed by atoms with Crippen LogP contribution in [0.3, 0.4) is 0 Å². The molecule has 0 aliphatic heterocycles. The summed E-state index contributed by atoms with van der Waals surface area (Å²) in [6, 6.07) is 13.0. The molecule has 4 heteroatoms. The van der Waals surface area contributed by atoms with Crippen molar-refractivity contribution in [3.05, 3.63) is 66.1 Å². The van der Waals surface area contributed by atoms with Crippen molar-refractivity contribution in [2.45, 2.75) is 0 Å². The van der Waals surface area contributed by atoms with E-state index in [1.165, 1.54) is 16.7 Å². The van der Waals surface area contributed by atoms with Gasteiger partial charge in [-0.25, -0.2) is 4.39 Å². The lowest BCUT2D eigenvalue weighted by Gasteiger charge is -2.05. The predicted octanol–water partition coefficient (Wildman–Crippen LogP) is 3.48. The highest BCUT2D eigenvalue weighted by atomic mass is 19.1. The summed E-state index contributed by atoms with van der Waals surface area (Å²) in [6.45, 7) is 0. The van der Waals surface area contributed by atoms with Crippen LogP contribution in [0.1, 0.15) is 10.4 Å². The van der Waals surface area contributed by atoms with E-state index < -0.39 is 0 Å². The maximum atomic E-state index is 13.1. The SMILES string of the molecule is COc1ccc(C(=O)n2ccc3cc(F)ccc32)cc1. The van der Waals surface area contributed by atoms with Crippen molar-refractivity contribution in [1.82, 2.24) is 4.57 Å². The molecule has 0 saturated heterocycles. The van der Waals surface area contributed by atoms with E-state index in [-0.39, 0.29) is 11.7 Å². The minimum absolute atomic E-state index is 0.158. The highest BCUT2D eigenvalue weighted by Gasteiger charge is 2.11. The third kappa shape index (κ3) is 2.05. The molecule has 0 spiro atoms. The van der Waals surface area contributed by atoms with Crippen molar-refractivity contribution in [3.8, 4) is 5.75 Å². The van der Waals surface area contributed by atoms with Gasteiger partial charge >= 0.3 is 0 Å². The Morgan fingerprint density at radius 3 is 2.55 bits per heavy atom. The maximum Gasteiger partial charge on any atom is 0.262 e. The molecule has 3 rings (SSSR count). The predicted molar refractivity (Wildman–Crippen MR) is 74.6 cm³/mol. The van der Waals surface area contributed by atoms with Crippen molar-refractivity contribution in [3.63, 3.8) is 0 Å². The van der Waals surface area contributed by atoms with Crippen LogP contribution in [0.5, 0.6) is 5.75 Å². The Hall–Kier alpha value is -2.62. The van der Waals surface area contributed by atoms with E-state index in [0.29, 0.717) is 22.2 Å². The maximum absolute atomic E-state index is 13.1. The van der Waals surface area contributed by atoms with Crippen LogP contribution in [-0.2, 0) is 0 Å². The third-order valence-corrected chi connectivity index (χ3v) is 3.21. The van der Waals surface area contributed by atoms with E-state index >= 15 is 0 Å². The molecule has 1 aromatic heterocycles. The molecule has 3 aromatic rings. The summed E-state index contributed by atoms with van der Waals surface area (Å²) >= 11 is 0. The highest BCUT2D eigenvalue weighted by Crippen LogP contribution is 2.19. The molecule has 0 bridgehead atoms. The van der Waals surface area contributed by atoms with E-state index in [0.717, 1.165) is 0 Å². The number of rotatable bonds is 2. The Morgan fingerprint density at radius 1 is 1.10 bits per heavy atom. The Balaban J connectivity index is 2.03. The molecule has 20 heavy (non-hydrogen) atoms. The molecular weight excluding hydrogens is 257 g/mol. The standard InChI is InChI=1S/C16H12FNO2/c1-20-14-5-2-11(3-6-14)16(19)18-9-8-12-10-13(17)4-7-15(12)18/h2-10H,1H3. The van der Waals surface area contributed by atoms with E-state index in [4.69, 9.17) is 4.74 Å². The number of nitrogens with zero attached hydrogens (tertiary/aromatic N) is 1. The molecule has 0 fully saturated rings. The topological polar surface area (TPSA) is 31.2 Å². The fourth-order valence-electron chi connectivity index (χ4n) is 2.16. The number of carbonyl (C=O) groups is 1. The van der Waals surface area contributed by atoms with Gasteiger partial charge in [0.1, 0.15) is 11.6 Å². The smallest absolute Gasteiger partial charge is 0.262 e. The molecule has 0 saturated carbocycles. The number of methoxy groups -OCH3 is 1. The Labute approximate surface area is 115 Å². The molecule has 0 aliphatic rings. The zero-order valence-corrected chi connectivity index (χ0v) is 10.8. The molecule has 100 valence electrons. The number of ether oxygens (including phenoxy) is 1. The Morgan fingerprint density at radius 2 is 1.85 bits per heavy atom. The minimum atomic E-state index is -0.313. The van der Waals surface area contributed by atoms with Gasteiger partial charge in [0.15, 0.2) is 0 Å². The first-order valence-electron chi connectivity index (χ1n) is 6.14. The second-order valence-corrected chi connectivity index (χ2v) is 4.42. The molecule has 3 nitrogen and oxygen atoms in total. The minimum Gasteiger partial charge on any atom is -0.497 e. The fraction of sp³-hybridized carbons (Fsp3) is 0.0625. The first-order valence-corrected chi connectivity index (χ1v) is 6.14. The van der Waals surface area contributed by atoms with E-state index in [1.807, 2.05) is 0 Å². The summed E-state index contributed by atoms with van der Waals surface area (Å²) in [6.07, 6.45) is 1.65. The van der Waals surface area contributed by atoms with E-state index in [2.05, 4.69) is 0 Å². The second kappa shape index (κ2) is 4.81. The number of halogens is 1. The number of fused-ring (bicyclic) bond motifs is 1. The molecule has 0 amide bonds. The Bertz CT molecular complexity index is 775. The van der Waals surface area contributed by atoms with Gasteiger partial charge in [-0.3, -0.25) is 9.36 Å². The number of benzene rings is 2. The zero-order valence-electron chi connectivity index (χ0n) is 10.8. The van der Waals surface area contributed by atoms with Gasteiger partial charge < -0.3 is 4.74 Å². The molecule has 0 radical (unpaired) electrons. The van der Waals surface area contributed by atoms with Crippen LogP contribution in [0.2, 0.25) is 0 Å². The van der Waals surface area contributed by atoms with Crippen molar-refractivity contribution < 1.29 is 13.9 Å². The largest absolute Gasteiger partial charge is 0.497 e. The summed E-state index contributed by atoms with van der Waals surface area (Å²) in [5, 5.41) is 0.701. The quantitative estimate of drug-likeness (QED) is 0.713. The first-order chi connectivity index (χ1) is 9.69. The van der Waals surface area contributed by atoms with Crippen LogP contribution in [0.15, 0.2) is 54.7 Å². The van der Waals surface area contributed by atoms with E-state index in [1.54, 1.807) is 49.7 Å². The molecule has 1 heterocycles. The Kier molecular flexibility index (Phi) is 2.99. The fourth-order valence-corrected chi connectivity index (χ4v) is 2.16. The van der Waals surface area contributed by atoms with Gasteiger partial charge in [-0.15, -0.1) is 0 Å². The van der Waals surface area contributed by atoms with Crippen LogP contribution in [0.25, 0.3) is 10.9 Å². The summed E-state index contributed by atoms with van der Waals surface area (Å²) in [5.74, 6) is 0.224. The lowest BCUT2D eigenvalue weighted by molar-refractivity contribution is 0.0965. The van der Waals surface area contributed by atoms with Crippen molar-refractivity contribution in [2.24, 2.45) is 0 Å². The number of hydrogen-bond acceptors (Lipinski definition) is 2. The van der Waals surface area contributed by atoms with Crippen LogP contribution in [-0.4, -0.2) is 17.6 Å². The molecular formula is C16H12FNO2. The number of aromatic nitrogens is 1. The molecule has 2 aromatic carbocycles. The molecule has 0 N–H and O–H groups in total.